The molecule has 0 radical (unpaired) electrons. The van der Waals surface area contributed by atoms with Crippen molar-refractivity contribution in [3.63, 3.8) is 0 Å². The van der Waals surface area contributed by atoms with Crippen molar-refractivity contribution in [3.8, 4) is 28.6 Å². The molecule has 0 aliphatic heterocycles. The fourth-order valence-corrected chi connectivity index (χ4v) is 4.12. The number of anilines is 1. The second kappa shape index (κ2) is 11.1. The van der Waals surface area contributed by atoms with Crippen LogP contribution >= 0.6 is 23.4 Å². The van der Waals surface area contributed by atoms with Crippen LogP contribution in [0.5, 0.6) is 11.5 Å². The summed E-state index contributed by atoms with van der Waals surface area (Å²) in [6, 6.07) is 22.3. The van der Waals surface area contributed by atoms with E-state index in [2.05, 4.69) is 15.5 Å². The molecule has 0 unspecified atom stereocenters. The molecule has 9 heteroatoms. The van der Waals surface area contributed by atoms with Crippen LogP contribution in [-0.4, -0.2) is 40.1 Å². The van der Waals surface area contributed by atoms with E-state index in [9.17, 15) is 4.79 Å². The highest BCUT2D eigenvalue weighted by molar-refractivity contribution is 7.99. The molecule has 4 rings (SSSR count). The van der Waals surface area contributed by atoms with E-state index in [4.69, 9.17) is 21.1 Å². The number of ether oxygens (including phenoxy) is 2. The molecule has 7 nitrogen and oxygen atoms in total. The van der Waals surface area contributed by atoms with Crippen molar-refractivity contribution in [2.75, 3.05) is 24.8 Å². The van der Waals surface area contributed by atoms with Crippen molar-refractivity contribution in [2.45, 2.75) is 12.1 Å². The number of methoxy groups -OCH3 is 1. The minimum absolute atomic E-state index is 0.149. The van der Waals surface area contributed by atoms with Gasteiger partial charge in [0.25, 0.3) is 0 Å². The van der Waals surface area contributed by atoms with Gasteiger partial charge >= 0.3 is 0 Å². The Labute approximate surface area is 207 Å². The molecular formula is C25H23ClN4O3S. The van der Waals surface area contributed by atoms with E-state index in [1.54, 1.807) is 31.4 Å². The van der Waals surface area contributed by atoms with E-state index in [-0.39, 0.29) is 11.7 Å². The summed E-state index contributed by atoms with van der Waals surface area (Å²) < 4.78 is 12.6. The van der Waals surface area contributed by atoms with Crippen LogP contribution in [0.2, 0.25) is 5.02 Å². The molecule has 1 heterocycles. The van der Waals surface area contributed by atoms with Gasteiger partial charge in [-0.15, -0.1) is 10.2 Å². The van der Waals surface area contributed by atoms with Crippen molar-refractivity contribution in [2.24, 2.45) is 0 Å². The van der Waals surface area contributed by atoms with E-state index >= 15 is 0 Å². The molecule has 1 amide bonds. The zero-order valence-corrected chi connectivity index (χ0v) is 20.3. The lowest BCUT2D eigenvalue weighted by molar-refractivity contribution is -0.113. The maximum atomic E-state index is 12.6. The highest BCUT2D eigenvalue weighted by Crippen LogP contribution is 2.29. The van der Waals surface area contributed by atoms with E-state index in [1.165, 1.54) is 11.8 Å². The third kappa shape index (κ3) is 5.70. The molecule has 0 aliphatic carbocycles. The SMILES string of the molecule is CCOc1ccc(-n2c(SCC(=O)Nc3ccc(OC)cc3)nnc2-c2ccc(Cl)cc2)cc1. The summed E-state index contributed by atoms with van der Waals surface area (Å²) in [5, 5.41) is 12.9. The topological polar surface area (TPSA) is 78.3 Å². The molecule has 34 heavy (non-hydrogen) atoms. The van der Waals surface area contributed by atoms with Crippen molar-refractivity contribution < 1.29 is 14.3 Å². The Morgan fingerprint density at radius 1 is 0.971 bits per heavy atom. The Bertz CT molecular complexity index is 1240. The van der Waals surface area contributed by atoms with Gasteiger partial charge in [-0.2, -0.15) is 0 Å². The van der Waals surface area contributed by atoms with E-state index in [0.29, 0.717) is 28.3 Å². The highest BCUT2D eigenvalue weighted by Gasteiger charge is 2.17. The van der Waals surface area contributed by atoms with Crippen LogP contribution in [0.15, 0.2) is 78.0 Å². The monoisotopic (exact) mass is 494 g/mol. The molecule has 0 spiro atoms. The maximum absolute atomic E-state index is 12.6. The minimum atomic E-state index is -0.149. The van der Waals surface area contributed by atoms with E-state index in [0.717, 1.165) is 22.7 Å². The van der Waals surface area contributed by atoms with Crippen LogP contribution in [0.3, 0.4) is 0 Å². The summed E-state index contributed by atoms with van der Waals surface area (Å²) >= 11 is 7.37. The number of thioether (sulfide) groups is 1. The summed E-state index contributed by atoms with van der Waals surface area (Å²) in [6.45, 7) is 2.53. The third-order valence-corrected chi connectivity index (χ3v) is 6.03. The minimum Gasteiger partial charge on any atom is -0.497 e. The molecule has 0 saturated heterocycles. The predicted octanol–water partition coefficient (Wildman–Crippen LogP) is 5.73. The lowest BCUT2D eigenvalue weighted by Gasteiger charge is -2.12. The van der Waals surface area contributed by atoms with Gasteiger partial charge in [-0.05, 0) is 79.7 Å². The van der Waals surface area contributed by atoms with Gasteiger partial charge in [0.15, 0.2) is 11.0 Å². The number of amides is 1. The number of hydrogen-bond acceptors (Lipinski definition) is 6. The average Bonchev–Trinajstić information content (AvgIpc) is 3.28. The molecule has 174 valence electrons. The van der Waals surface area contributed by atoms with Crippen LogP contribution in [0.1, 0.15) is 6.92 Å². The Kier molecular flexibility index (Phi) is 7.72. The molecular weight excluding hydrogens is 472 g/mol. The van der Waals surface area contributed by atoms with Gasteiger partial charge < -0.3 is 14.8 Å². The number of benzene rings is 3. The highest BCUT2D eigenvalue weighted by atomic mass is 35.5. The van der Waals surface area contributed by atoms with Crippen LogP contribution in [0.4, 0.5) is 5.69 Å². The number of nitrogens with zero attached hydrogens (tertiary/aromatic N) is 3. The number of aromatic nitrogens is 3. The molecule has 0 fully saturated rings. The summed E-state index contributed by atoms with van der Waals surface area (Å²) in [7, 11) is 1.60. The van der Waals surface area contributed by atoms with E-state index in [1.807, 2.05) is 60.0 Å². The van der Waals surface area contributed by atoms with Crippen LogP contribution < -0.4 is 14.8 Å². The van der Waals surface area contributed by atoms with Crippen LogP contribution in [-0.2, 0) is 4.79 Å². The van der Waals surface area contributed by atoms with Gasteiger partial charge in [0.05, 0.1) is 19.5 Å². The molecule has 0 bridgehead atoms. The molecule has 1 N–H and O–H groups in total. The quantitative estimate of drug-likeness (QED) is 0.299. The molecule has 0 atom stereocenters. The first-order valence-electron chi connectivity index (χ1n) is 10.6. The fraction of sp³-hybridized carbons (Fsp3) is 0.160. The van der Waals surface area contributed by atoms with Crippen molar-refractivity contribution in [1.29, 1.82) is 0 Å². The maximum Gasteiger partial charge on any atom is 0.234 e. The first-order valence-corrected chi connectivity index (χ1v) is 11.9. The smallest absolute Gasteiger partial charge is 0.234 e. The molecule has 0 aliphatic rings. The second-order valence-electron chi connectivity index (χ2n) is 7.14. The van der Waals surface area contributed by atoms with Gasteiger partial charge in [0.2, 0.25) is 5.91 Å². The third-order valence-electron chi connectivity index (χ3n) is 4.85. The van der Waals surface area contributed by atoms with Gasteiger partial charge in [-0.3, -0.25) is 9.36 Å². The first kappa shape index (κ1) is 23.7. The van der Waals surface area contributed by atoms with E-state index < -0.39 is 0 Å². The van der Waals surface area contributed by atoms with Gasteiger partial charge in [0, 0.05) is 22.0 Å². The number of hydrogen-bond donors (Lipinski definition) is 1. The molecule has 1 aromatic heterocycles. The summed E-state index contributed by atoms with van der Waals surface area (Å²) in [4.78, 5) is 12.6. The summed E-state index contributed by atoms with van der Waals surface area (Å²) in [6.07, 6.45) is 0. The second-order valence-corrected chi connectivity index (χ2v) is 8.52. The Morgan fingerprint density at radius 3 is 2.29 bits per heavy atom. The van der Waals surface area contributed by atoms with Crippen molar-refractivity contribution in [1.82, 2.24) is 14.8 Å². The normalized spacial score (nSPS) is 10.7. The molecule has 4 aromatic rings. The zero-order valence-electron chi connectivity index (χ0n) is 18.7. The zero-order chi connectivity index (χ0) is 23.9. The number of carbonyl (C=O) groups is 1. The van der Waals surface area contributed by atoms with Crippen molar-refractivity contribution >= 4 is 35.0 Å². The van der Waals surface area contributed by atoms with Gasteiger partial charge in [0.1, 0.15) is 11.5 Å². The van der Waals surface area contributed by atoms with Crippen LogP contribution in [0.25, 0.3) is 17.1 Å². The van der Waals surface area contributed by atoms with Crippen molar-refractivity contribution in [3.05, 3.63) is 77.8 Å². The Balaban J connectivity index is 1.57. The largest absolute Gasteiger partial charge is 0.497 e. The number of halogens is 1. The predicted molar refractivity (Wildman–Crippen MR) is 135 cm³/mol. The lowest BCUT2D eigenvalue weighted by Crippen LogP contribution is -2.14. The fourth-order valence-electron chi connectivity index (χ4n) is 3.24. The number of nitrogens with one attached hydrogen (secondary N) is 1. The average molecular weight is 495 g/mol. The lowest BCUT2D eigenvalue weighted by atomic mass is 10.2. The van der Waals surface area contributed by atoms with Gasteiger partial charge in [-0.25, -0.2) is 0 Å². The first-order chi connectivity index (χ1) is 16.6. The summed E-state index contributed by atoms with van der Waals surface area (Å²) in [5.41, 5.74) is 2.41. The van der Waals surface area contributed by atoms with Crippen LogP contribution in [0, 0.1) is 0 Å². The molecule has 0 saturated carbocycles. The number of rotatable bonds is 9. The standard InChI is InChI=1S/C25H23ClN4O3S/c1-3-33-22-14-10-20(11-15-22)30-24(17-4-6-18(26)7-5-17)28-29-25(30)34-16-23(31)27-19-8-12-21(32-2)13-9-19/h4-15H,3,16H2,1-2H3,(H,27,31). The number of carbonyl (C=O) groups excluding carboxylic acids is 1. The Hall–Kier alpha value is -3.49. The Morgan fingerprint density at radius 2 is 1.65 bits per heavy atom. The van der Waals surface area contributed by atoms with Gasteiger partial charge in [-0.1, -0.05) is 23.4 Å². The molecule has 3 aromatic carbocycles. The summed E-state index contributed by atoms with van der Waals surface area (Å²) in [5.74, 6) is 2.18.